The van der Waals surface area contributed by atoms with Crippen molar-refractivity contribution in [1.29, 1.82) is 0 Å². The number of carbonyl (C=O) groups is 2. The number of aromatic nitrogens is 4. The molecule has 3 N–H and O–H groups in total. The van der Waals surface area contributed by atoms with Crippen LogP contribution in [0.1, 0.15) is 46.4 Å². The molecule has 2 aliphatic carbocycles. The van der Waals surface area contributed by atoms with Gasteiger partial charge in [0.15, 0.2) is 5.82 Å². The van der Waals surface area contributed by atoms with Crippen molar-refractivity contribution in [3.63, 3.8) is 0 Å². The topological polar surface area (TPSA) is 138 Å². The lowest BCUT2D eigenvalue weighted by atomic mass is 10.1. The third-order valence-corrected chi connectivity index (χ3v) is 10.1. The minimum atomic E-state index is -0.599. The number of esters is 1. The predicted molar refractivity (Wildman–Crippen MR) is 173 cm³/mol. The molecule has 3 aromatic heterocycles. The van der Waals surface area contributed by atoms with Crippen molar-refractivity contribution in [1.82, 2.24) is 24.0 Å². The fourth-order valence-electron chi connectivity index (χ4n) is 7.46. The van der Waals surface area contributed by atoms with E-state index in [1.807, 2.05) is 40.8 Å². The molecule has 1 amide bonds. The molecular weight excluding hydrogens is 584 g/mol. The van der Waals surface area contributed by atoms with E-state index < -0.39 is 5.97 Å². The first-order chi connectivity index (χ1) is 22.2. The van der Waals surface area contributed by atoms with E-state index in [0.29, 0.717) is 46.5 Å². The van der Waals surface area contributed by atoms with Crippen LogP contribution >= 0.6 is 0 Å². The van der Waals surface area contributed by atoms with Gasteiger partial charge in [-0.05, 0) is 80.0 Å². The quantitative estimate of drug-likeness (QED) is 0.249. The Labute approximate surface area is 265 Å². The Morgan fingerprint density at radius 2 is 1.85 bits per heavy atom. The normalized spacial score (nSPS) is 20.6. The number of likely N-dealkylation sites (tertiary alicyclic amines) is 1. The molecule has 4 heterocycles. The summed E-state index contributed by atoms with van der Waals surface area (Å²) >= 11 is 0. The molecule has 8 rings (SSSR count). The van der Waals surface area contributed by atoms with E-state index in [4.69, 9.17) is 25.2 Å². The first kappa shape index (κ1) is 28.6. The lowest BCUT2D eigenvalue weighted by molar-refractivity contribution is 0.0597. The number of carbonyl (C=O) groups excluding carboxylic acids is 2. The number of phenols is 1. The van der Waals surface area contributed by atoms with E-state index in [1.165, 1.54) is 13.2 Å². The van der Waals surface area contributed by atoms with Crippen LogP contribution < -0.4 is 10.5 Å². The van der Waals surface area contributed by atoms with Crippen molar-refractivity contribution in [2.45, 2.75) is 44.3 Å². The fraction of sp³-hybridized carbons (Fsp3) is 0.371. The highest BCUT2D eigenvalue weighted by Gasteiger charge is 2.47. The number of piperidine rings is 1. The van der Waals surface area contributed by atoms with Crippen LogP contribution in [-0.2, 0) is 18.3 Å². The molecule has 46 heavy (non-hydrogen) atoms. The number of pyridine rings is 1. The second-order valence-electron chi connectivity index (χ2n) is 12.9. The number of amides is 1. The maximum absolute atomic E-state index is 13.7. The smallest absolute Gasteiger partial charge is 0.341 e. The van der Waals surface area contributed by atoms with Gasteiger partial charge in [-0.1, -0.05) is 6.07 Å². The number of benzene rings is 2. The lowest BCUT2D eigenvalue weighted by Gasteiger charge is -2.27. The Hall–Kier alpha value is -4.90. The number of nitrogens with zero attached hydrogens (tertiary/aromatic N) is 5. The molecule has 0 spiro atoms. The zero-order valence-electron chi connectivity index (χ0n) is 26.1. The highest BCUT2D eigenvalue weighted by Crippen LogP contribution is 2.40. The van der Waals surface area contributed by atoms with Crippen LogP contribution in [0.2, 0.25) is 0 Å². The molecule has 11 heteroatoms. The molecule has 236 valence electrons. The Kier molecular flexibility index (Phi) is 6.57. The number of hydrogen-bond donors (Lipinski definition) is 2. The Balaban J connectivity index is 1.22. The molecule has 2 bridgehead atoms. The van der Waals surface area contributed by atoms with Crippen LogP contribution in [0.4, 0.5) is 0 Å². The number of nitrogens with two attached hydrogens (primary N) is 1. The van der Waals surface area contributed by atoms with Gasteiger partial charge < -0.3 is 34.3 Å². The first-order valence-electron chi connectivity index (χ1n) is 15.8. The number of aromatic hydroxyl groups is 1. The Bertz CT molecular complexity index is 2060. The van der Waals surface area contributed by atoms with Gasteiger partial charge in [0.25, 0.3) is 5.91 Å². The summed E-state index contributed by atoms with van der Waals surface area (Å²) in [5, 5.41) is 11.5. The summed E-state index contributed by atoms with van der Waals surface area (Å²) in [4.78, 5) is 37.8. The number of rotatable bonds is 7. The van der Waals surface area contributed by atoms with Crippen LogP contribution in [0.5, 0.6) is 11.5 Å². The molecule has 3 unspecified atom stereocenters. The molecule has 11 nitrogen and oxygen atoms in total. The molecule has 3 atom stereocenters. The molecule has 1 saturated heterocycles. The fourth-order valence-corrected chi connectivity index (χ4v) is 7.46. The van der Waals surface area contributed by atoms with E-state index in [-0.39, 0.29) is 29.3 Å². The maximum atomic E-state index is 13.7. The molecular formula is C35H36N6O5. The number of aryl methyl sites for hydroxylation is 1. The molecule has 2 saturated carbocycles. The van der Waals surface area contributed by atoms with Crippen LogP contribution in [0.3, 0.4) is 0 Å². The van der Waals surface area contributed by atoms with Crippen molar-refractivity contribution in [2.24, 2.45) is 24.6 Å². The lowest BCUT2D eigenvalue weighted by Crippen LogP contribution is -2.41. The number of hydrogen-bond acceptors (Lipinski definition) is 8. The van der Waals surface area contributed by atoms with Crippen molar-refractivity contribution in [3.8, 4) is 34.3 Å². The number of imidazole rings is 1. The van der Waals surface area contributed by atoms with E-state index in [2.05, 4.69) is 10.6 Å². The van der Waals surface area contributed by atoms with Gasteiger partial charge in [-0.25, -0.2) is 14.8 Å². The van der Waals surface area contributed by atoms with E-state index in [1.54, 1.807) is 19.2 Å². The Morgan fingerprint density at radius 3 is 2.52 bits per heavy atom. The summed E-state index contributed by atoms with van der Waals surface area (Å²) in [7, 11) is 4.87. The van der Waals surface area contributed by atoms with Crippen LogP contribution in [-0.4, -0.2) is 73.8 Å². The monoisotopic (exact) mass is 620 g/mol. The highest BCUT2D eigenvalue weighted by atomic mass is 16.5. The van der Waals surface area contributed by atoms with Gasteiger partial charge in [0.05, 0.1) is 31.1 Å². The number of phenolic OH excluding ortho intramolecular Hbond substituents is 1. The standard InChI is InChI=1S/C35H36N6O5/c1-39-31-25(12-22(15-29(31)45-2)34(43)41-17-21-8-11-26(41)30(21)36)38-33(39)27-13-20-7-10-24(37-32(20)40(27)16-18-4-5-18)19-6-9-23(28(42)14-19)35(44)46-3/h6-7,9-10,12-15,18,21,26,30,42H,4-5,8,11,16-17,36H2,1-3H3. The molecule has 2 aromatic carbocycles. The second kappa shape index (κ2) is 10.6. The summed E-state index contributed by atoms with van der Waals surface area (Å²) in [6.45, 7) is 1.49. The van der Waals surface area contributed by atoms with Gasteiger partial charge >= 0.3 is 5.97 Å². The maximum Gasteiger partial charge on any atom is 0.341 e. The average molecular weight is 621 g/mol. The molecule has 5 aromatic rings. The third-order valence-electron chi connectivity index (χ3n) is 10.1. The van der Waals surface area contributed by atoms with Gasteiger partial charge in [-0.2, -0.15) is 0 Å². The average Bonchev–Trinajstić information content (AvgIpc) is 3.47. The molecule has 3 aliphatic rings. The van der Waals surface area contributed by atoms with E-state index in [9.17, 15) is 14.7 Å². The minimum absolute atomic E-state index is 0.0275. The molecule has 0 radical (unpaired) electrons. The van der Waals surface area contributed by atoms with Crippen molar-refractivity contribution in [2.75, 3.05) is 20.8 Å². The SMILES string of the molecule is COC(=O)c1ccc(-c2ccc3cc(-c4nc5cc(C(=O)N6CC7CCC6C7N)cc(OC)c5n4C)n(CC4CC4)c3n2)cc1O. The zero-order chi connectivity index (χ0) is 31.9. The van der Waals surface area contributed by atoms with Gasteiger partial charge in [0, 0.05) is 48.7 Å². The molecule has 1 aliphatic heterocycles. The van der Waals surface area contributed by atoms with Crippen LogP contribution in [0.15, 0.2) is 48.5 Å². The largest absolute Gasteiger partial charge is 0.507 e. The van der Waals surface area contributed by atoms with Crippen molar-refractivity contribution < 1.29 is 24.2 Å². The van der Waals surface area contributed by atoms with Gasteiger partial charge in [-0.3, -0.25) is 4.79 Å². The van der Waals surface area contributed by atoms with Crippen molar-refractivity contribution >= 4 is 33.9 Å². The van der Waals surface area contributed by atoms with Crippen LogP contribution in [0, 0.1) is 11.8 Å². The highest BCUT2D eigenvalue weighted by molar-refractivity contribution is 6.00. The predicted octanol–water partition coefficient (Wildman–Crippen LogP) is 4.73. The summed E-state index contributed by atoms with van der Waals surface area (Å²) in [6.07, 6.45) is 4.35. The van der Waals surface area contributed by atoms with Gasteiger partial charge in [-0.15, -0.1) is 0 Å². The Morgan fingerprint density at radius 1 is 1.02 bits per heavy atom. The van der Waals surface area contributed by atoms with Crippen molar-refractivity contribution in [3.05, 3.63) is 59.7 Å². The summed E-state index contributed by atoms with van der Waals surface area (Å²) in [6, 6.07) is 14.7. The summed E-state index contributed by atoms with van der Waals surface area (Å²) in [5.41, 5.74) is 11.7. The van der Waals surface area contributed by atoms with Gasteiger partial charge in [0.2, 0.25) is 0 Å². The van der Waals surface area contributed by atoms with E-state index >= 15 is 0 Å². The minimum Gasteiger partial charge on any atom is -0.507 e. The number of methoxy groups -OCH3 is 2. The summed E-state index contributed by atoms with van der Waals surface area (Å²) < 4.78 is 14.9. The first-order valence-corrected chi connectivity index (χ1v) is 15.8. The van der Waals surface area contributed by atoms with Gasteiger partial charge in [0.1, 0.15) is 28.2 Å². The number of ether oxygens (including phenoxy) is 2. The summed E-state index contributed by atoms with van der Waals surface area (Å²) in [5.74, 6) is 1.48. The molecule has 3 fully saturated rings. The van der Waals surface area contributed by atoms with E-state index in [0.717, 1.165) is 60.3 Å². The second-order valence-corrected chi connectivity index (χ2v) is 12.9. The zero-order valence-corrected chi connectivity index (χ0v) is 26.1. The van der Waals surface area contributed by atoms with Crippen LogP contribution in [0.25, 0.3) is 44.8 Å². The third kappa shape index (κ3) is 4.44. The number of fused-ring (bicyclic) bond motifs is 4.